The van der Waals surface area contributed by atoms with Gasteiger partial charge in [0.05, 0.1) is 19.6 Å². The Labute approximate surface area is 156 Å². The van der Waals surface area contributed by atoms with E-state index in [1.165, 1.54) is 0 Å². The molecule has 1 heterocycles. The van der Waals surface area contributed by atoms with E-state index >= 15 is 0 Å². The van der Waals surface area contributed by atoms with Crippen LogP contribution in [0.15, 0.2) is 24.3 Å². The molecule has 1 aromatic rings. The molecule has 2 atom stereocenters. The number of likely N-dealkylation sites (tertiary alicyclic amines) is 1. The normalized spacial score (nSPS) is 20.4. The summed E-state index contributed by atoms with van der Waals surface area (Å²) in [5.41, 5.74) is 0.745. The minimum absolute atomic E-state index is 0.0307. The third kappa shape index (κ3) is 6.02. The fourth-order valence-corrected chi connectivity index (χ4v) is 3.21. The molecule has 1 aromatic carbocycles. The summed E-state index contributed by atoms with van der Waals surface area (Å²) in [4.78, 5) is 26.8. The summed E-state index contributed by atoms with van der Waals surface area (Å²) in [6, 6.07) is 7.57. The number of nitrogens with zero attached hydrogens (tertiary/aromatic N) is 1. The number of hydrogen-bond donors (Lipinski definition) is 2. The quantitative estimate of drug-likeness (QED) is 0.699. The van der Waals surface area contributed by atoms with Crippen molar-refractivity contribution in [2.45, 2.75) is 45.6 Å². The Balaban J connectivity index is 1.85. The molecule has 0 saturated carbocycles. The second-order valence-corrected chi connectivity index (χ2v) is 6.97. The summed E-state index contributed by atoms with van der Waals surface area (Å²) >= 11 is 0. The molecule has 1 saturated heterocycles. The molecule has 1 fully saturated rings. The van der Waals surface area contributed by atoms with Crippen LogP contribution in [0.1, 0.15) is 39.5 Å². The lowest BCUT2D eigenvalue weighted by atomic mass is 9.92. The van der Waals surface area contributed by atoms with Crippen molar-refractivity contribution in [3.8, 4) is 5.75 Å². The van der Waals surface area contributed by atoms with Crippen LogP contribution in [0.3, 0.4) is 0 Å². The van der Waals surface area contributed by atoms with Gasteiger partial charge in [-0.05, 0) is 50.5 Å². The summed E-state index contributed by atoms with van der Waals surface area (Å²) in [7, 11) is 1.61. The molecular weight excluding hydrogens is 330 g/mol. The summed E-state index contributed by atoms with van der Waals surface area (Å²) in [5.74, 6) is 0.779. The first-order chi connectivity index (χ1) is 12.5. The van der Waals surface area contributed by atoms with Gasteiger partial charge in [-0.1, -0.05) is 13.3 Å². The molecule has 26 heavy (non-hydrogen) atoms. The van der Waals surface area contributed by atoms with E-state index in [2.05, 4.69) is 29.4 Å². The van der Waals surface area contributed by atoms with E-state index in [0.29, 0.717) is 19.1 Å². The van der Waals surface area contributed by atoms with Crippen molar-refractivity contribution >= 4 is 17.5 Å². The minimum Gasteiger partial charge on any atom is -0.497 e. The third-order valence-corrected chi connectivity index (χ3v) is 4.93. The smallest absolute Gasteiger partial charge is 0.238 e. The Hall–Kier alpha value is -2.08. The highest BCUT2D eigenvalue weighted by Crippen LogP contribution is 2.22. The van der Waals surface area contributed by atoms with Crippen LogP contribution in [0.5, 0.6) is 5.75 Å². The van der Waals surface area contributed by atoms with Crippen molar-refractivity contribution < 1.29 is 14.3 Å². The Morgan fingerprint density at radius 2 is 1.96 bits per heavy atom. The SMILES string of the molecule is CCCCNC(=O)[C@H]1CC[C@@H](C)N(CC(=O)Nc2ccc(OC)cc2)C1. The molecule has 0 aliphatic carbocycles. The number of ether oxygens (including phenoxy) is 1. The van der Waals surface area contributed by atoms with Gasteiger partial charge >= 0.3 is 0 Å². The Kier molecular flexibility index (Phi) is 7.91. The highest BCUT2D eigenvalue weighted by Gasteiger charge is 2.30. The monoisotopic (exact) mass is 361 g/mol. The number of methoxy groups -OCH3 is 1. The van der Waals surface area contributed by atoms with Crippen molar-refractivity contribution in [2.75, 3.05) is 32.1 Å². The fraction of sp³-hybridized carbons (Fsp3) is 0.600. The highest BCUT2D eigenvalue weighted by molar-refractivity contribution is 5.92. The number of nitrogens with one attached hydrogen (secondary N) is 2. The van der Waals surface area contributed by atoms with Crippen LogP contribution in [0.25, 0.3) is 0 Å². The first-order valence-corrected chi connectivity index (χ1v) is 9.49. The molecule has 1 aliphatic rings. The van der Waals surface area contributed by atoms with Crippen molar-refractivity contribution in [1.82, 2.24) is 10.2 Å². The van der Waals surface area contributed by atoms with E-state index in [1.807, 2.05) is 24.3 Å². The number of anilines is 1. The zero-order valence-corrected chi connectivity index (χ0v) is 16.1. The van der Waals surface area contributed by atoms with Gasteiger partial charge in [0.15, 0.2) is 0 Å². The lowest BCUT2D eigenvalue weighted by Gasteiger charge is -2.36. The van der Waals surface area contributed by atoms with E-state index in [4.69, 9.17) is 4.74 Å². The topological polar surface area (TPSA) is 70.7 Å². The average molecular weight is 361 g/mol. The first-order valence-electron chi connectivity index (χ1n) is 9.49. The zero-order valence-electron chi connectivity index (χ0n) is 16.1. The van der Waals surface area contributed by atoms with Crippen LogP contribution in [0.2, 0.25) is 0 Å². The summed E-state index contributed by atoms with van der Waals surface area (Å²) < 4.78 is 5.12. The molecule has 2 rings (SSSR count). The lowest BCUT2D eigenvalue weighted by molar-refractivity contribution is -0.128. The predicted molar refractivity (Wildman–Crippen MR) is 103 cm³/mol. The molecular formula is C20H31N3O3. The number of carbonyl (C=O) groups is 2. The second-order valence-electron chi connectivity index (χ2n) is 6.97. The zero-order chi connectivity index (χ0) is 18.9. The second kappa shape index (κ2) is 10.2. The summed E-state index contributed by atoms with van der Waals surface area (Å²) in [6.45, 7) is 5.89. The molecule has 0 bridgehead atoms. The maximum Gasteiger partial charge on any atom is 0.238 e. The van der Waals surface area contributed by atoms with E-state index < -0.39 is 0 Å². The van der Waals surface area contributed by atoms with Crippen molar-refractivity contribution in [1.29, 1.82) is 0 Å². The molecule has 6 heteroatoms. The number of unbranched alkanes of at least 4 members (excludes halogenated alkanes) is 1. The molecule has 2 N–H and O–H groups in total. The maximum atomic E-state index is 12.4. The molecule has 1 aliphatic heterocycles. The van der Waals surface area contributed by atoms with E-state index in [9.17, 15) is 9.59 Å². The number of carbonyl (C=O) groups excluding carboxylic acids is 2. The molecule has 0 unspecified atom stereocenters. The van der Waals surface area contributed by atoms with Gasteiger partial charge in [0.25, 0.3) is 0 Å². The standard InChI is InChI=1S/C20H31N3O3/c1-4-5-12-21-20(25)16-7-6-15(2)23(13-16)14-19(24)22-17-8-10-18(26-3)11-9-17/h8-11,15-16H,4-7,12-14H2,1-3H3,(H,21,25)(H,22,24)/t15-,16+/m1/s1. The molecule has 144 valence electrons. The van der Waals surface area contributed by atoms with Crippen molar-refractivity contribution in [3.63, 3.8) is 0 Å². The Bertz CT molecular complexity index is 588. The van der Waals surface area contributed by atoms with Gasteiger partial charge in [-0.2, -0.15) is 0 Å². The van der Waals surface area contributed by atoms with Crippen LogP contribution in [0, 0.1) is 5.92 Å². The number of rotatable bonds is 8. The van der Waals surface area contributed by atoms with E-state index in [1.54, 1.807) is 7.11 Å². The summed E-state index contributed by atoms with van der Waals surface area (Å²) in [5, 5.41) is 5.92. The Morgan fingerprint density at radius 3 is 2.62 bits per heavy atom. The number of benzene rings is 1. The first kappa shape index (κ1) is 20.2. The predicted octanol–water partition coefficient (Wildman–Crippen LogP) is 2.65. The largest absolute Gasteiger partial charge is 0.497 e. The van der Waals surface area contributed by atoms with Gasteiger partial charge in [-0.25, -0.2) is 0 Å². The number of piperidine rings is 1. The van der Waals surface area contributed by atoms with Crippen LogP contribution >= 0.6 is 0 Å². The fourth-order valence-electron chi connectivity index (χ4n) is 3.21. The summed E-state index contributed by atoms with van der Waals surface area (Å²) in [6.07, 6.45) is 3.89. The van der Waals surface area contributed by atoms with Crippen molar-refractivity contribution in [3.05, 3.63) is 24.3 Å². The molecule has 6 nitrogen and oxygen atoms in total. The van der Waals surface area contributed by atoms with Crippen molar-refractivity contribution in [2.24, 2.45) is 5.92 Å². The molecule has 0 spiro atoms. The molecule has 2 amide bonds. The van der Waals surface area contributed by atoms with Gasteiger partial charge < -0.3 is 15.4 Å². The average Bonchev–Trinajstić information content (AvgIpc) is 2.64. The van der Waals surface area contributed by atoms with Crippen LogP contribution < -0.4 is 15.4 Å². The van der Waals surface area contributed by atoms with E-state index in [-0.39, 0.29) is 17.7 Å². The van der Waals surface area contributed by atoms with Gasteiger partial charge in [-0.3, -0.25) is 14.5 Å². The molecule has 0 radical (unpaired) electrons. The molecule has 0 aromatic heterocycles. The lowest BCUT2D eigenvalue weighted by Crippen LogP contribution is -2.49. The number of hydrogen-bond acceptors (Lipinski definition) is 4. The maximum absolute atomic E-state index is 12.4. The minimum atomic E-state index is -0.0611. The van der Waals surface area contributed by atoms with Gasteiger partial charge in [-0.15, -0.1) is 0 Å². The van der Waals surface area contributed by atoms with Gasteiger partial charge in [0.1, 0.15) is 5.75 Å². The van der Waals surface area contributed by atoms with E-state index in [0.717, 1.165) is 43.7 Å². The Morgan fingerprint density at radius 1 is 1.23 bits per heavy atom. The van der Waals surface area contributed by atoms with Crippen LogP contribution in [0.4, 0.5) is 5.69 Å². The third-order valence-electron chi connectivity index (χ3n) is 4.93. The number of amides is 2. The van der Waals surface area contributed by atoms with Gasteiger partial charge in [0.2, 0.25) is 11.8 Å². The van der Waals surface area contributed by atoms with Crippen LogP contribution in [-0.2, 0) is 9.59 Å². The highest BCUT2D eigenvalue weighted by atomic mass is 16.5. The van der Waals surface area contributed by atoms with Gasteiger partial charge in [0, 0.05) is 24.8 Å². The van der Waals surface area contributed by atoms with Crippen LogP contribution in [-0.4, -0.2) is 49.5 Å².